The molecule has 1 aromatic carbocycles. The molecule has 2 aromatic rings. The number of hydrogen-bond donors (Lipinski definition) is 4. The van der Waals surface area contributed by atoms with Gasteiger partial charge in [0, 0.05) is 11.4 Å². The van der Waals surface area contributed by atoms with Gasteiger partial charge in [0.25, 0.3) is 11.5 Å². The van der Waals surface area contributed by atoms with E-state index in [9.17, 15) is 4.79 Å². The molecule has 0 amide bonds. The molecule has 0 fully saturated rings. The SMILES string of the molecule is COc1ccc(Cl)cc1NC(N)=[NH+]c1nc2c(c(=O)[nH]1)CCC2. The van der Waals surface area contributed by atoms with E-state index < -0.39 is 0 Å². The van der Waals surface area contributed by atoms with E-state index in [1.807, 2.05) is 0 Å². The van der Waals surface area contributed by atoms with Crippen LogP contribution in [0.3, 0.4) is 0 Å². The van der Waals surface area contributed by atoms with Crippen LogP contribution in [-0.2, 0) is 12.8 Å². The van der Waals surface area contributed by atoms with E-state index in [2.05, 4.69) is 20.3 Å². The van der Waals surface area contributed by atoms with Crippen LogP contribution in [0.2, 0.25) is 5.02 Å². The highest BCUT2D eigenvalue weighted by molar-refractivity contribution is 6.31. The van der Waals surface area contributed by atoms with E-state index in [4.69, 9.17) is 22.1 Å². The van der Waals surface area contributed by atoms with Gasteiger partial charge in [-0.1, -0.05) is 11.6 Å². The Bertz CT molecular complexity index is 831. The molecule has 0 radical (unpaired) electrons. The number of nitrogens with one attached hydrogen (secondary N) is 3. The summed E-state index contributed by atoms with van der Waals surface area (Å²) in [6.45, 7) is 0. The molecule has 0 atom stereocenters. The Morgan fingerprint density at radius 1 is 1.48 bits per heavy atom. The number of nitrogens with zero attached hydrogens (tertiary/aromatic N) is 1. The van der Waals surface area contributed by atoms with Crippen molar-refractivity contribution in [1.82, 2.24) is 9.97 Å². The number of methoxy groups -OCH3 is 1. The molecule has 0 spiro atoms. The average molecular weight is 335 g/mol. The number of fused-ring (bicyclic) bond motifs is 1. The summed E-state index contributed by atoms with van der Waals surface area (Å²) in [5, 5.41) is 3.50. The molecule has 0 aliphatic heterocycles. The number of guanidine groups is 1. The summed E-state index contributed by atoms with van der Waals surface area (Å²) in [7, 11) is 1.55. The number of nitrogens with two attached hydrogens (primary N) is 1. The van der Waals surface area contributed by atoms with Gasteiger partial charge < -0.3 is 10.5 Å². The minimum atomic E-state index is -0.122. The second kappa shape index (κ2) is 6.29. The standard InChI is InChI=1S/C15H16ClN5O2/c1-23-12-6-5-8(16)7-11(12)18-14(17)21-15-19-10-4-2-3-9(10)13(22)20-15/h5-7H,2-4H2,1H3,(H4,17,18,19,20,21,22)/p+1. The van der Waals surface area contributed by atoms with Crippen LogP contribution in [0.5, 0.6) is 5.75 Å². The van der Waals surface area contributed by atoms with E-state index in [-0.39, 0.29) is 11.5 Å². The Labute approximate surface area is 137 Å². The zero-order chi connectivity index (χ0) is 16.4. The van der Waals surface area contributed by atoms with Crippen LogP contribution in [0.1, 0.15) is 17.7 Å². The molecule has 120 valence electrons. The van der Waals surface area contributed by atoms with Gasteiger partial charge in [-0.25, -0.2) is 9.98 Å². The summed E-state index contributed by atoms with van der Waals surface area (Å²) in [6, 6.07) is 5.13. The number of rotatable bonds is 3. The van der Waals surface area contributed by atoms with Gasteiger partial charge in [0.1, 0.15) is 5.69 Å². The summed E-state index contributed by atoms with van der Waals surface area (Å²) in [5.41, 5.74) is 8.01. The number of aromatic nitrogens is 2. The van der Waals surface area contributed by atoms with Gasteiger partial charge in [-0.2, -0.15) is 0 Å². The molecular weight excluding hydrogens is 318 g/mol. The molecule has 1 aromatic heterocycles. The minimum Gasteiger partial charge on any atom is -0.494 e. The number of ether oxygens (including phenoxy) is 1. The van der Waals surface area contributed by atoms with Crippen LogP contribution in [0.4, 0.5) is 11.6 Å². The van der Waals surface area contributed by atoms with Crippen molar-refractivity contribution in [1.29, 1.82) is 0 Å². The van der Waals surface area contributed by atoms with Crippen LogP contribution in [0.15, 0.2) is 23.0 Å². The van der Waals surface area contributed by atoms with Crippen molar-refractivity contribution < 1.29 is 9.73 Å². The third kappa shape index (κ3) is 3.29. The number of benzene rings is 1. The zero-order valence-corrected chi connectivity index (χ0v) is 13.3. The maximum atomic E-state index is 12.0. The van der Waals surface area contributed by atoms with Crippen molar-refractivity contribution in [3.05, 3.63) is 44.8 Å². The quantitative estimate of drug-likeness (QED) is 0.469. The van der Waals surface area contributed by atoms with E-state index in [0.29, 0.717) is 22.4 Å². The number of hydrogen-bond acceptors (Lipinski definition) is 3. The second-order valence-corrected chi connectivity index (χ2v) is 5.64. The predicted molar refractivity (Wildman–Crippen MR) is 88.3 cm³/mol. The highest BCUT2D eigenvalue weighted by Gasteiger charge is 2.20. The Balaban J connectivity index is 1.88. The van der Waals surface area contributed by atoms with E-state index in [0.717, 1.165) is 30.5 Å². The first-order valence-electron chi connectivity index (χ1n) is 7.19. The van der Waals surface area contributed by atoms with Gasteiger partial charge in [-0.15, -0.1) is 4.98 Å². The van der Waals surface area contributed by atoms with Gasteiger partial charge in [0.15, 0.2) is 5.75 Å². The third-order valence-electron chi connectivity index (χ3n) is 3.63. The van der Waals surface area contributed by atoms with Gasteiger partial charge in [-0.3, -0.25) is 10.1 Å². The zero-order valence-electron chi connectivity index (χ0n) is 12.6. The first-order valence-corrected chi connectivity index (χ1v) is 7.56. The molecule has 8 heteroatoms. The van der Waals surface area contributed by atoms with Gasteiger partial charge >= 0.3 is 5.95 Å². The number of H-pyrrole nitrogens is 1. The van der Waals surface area contributed by atoms with Crippen LogP contribution in [0, 0.1) is 0 Å². The molecule has 0 unspecified atom stereocenters. The summed E-state index contributed by atoms with van der Waals surface area (Å²) >= 11 is 5.98. The molecule has 23 heavy (non-hydrogen) atoms. The third-order valence-corrected chi connectivity index (χ3v) is 3.86. The van der Waals surface area contributed by atoms with E-state index in [1.165, 1.54) is 0 Å². The second-order valence-electron chi connectivity index (χ2n) is 5.20. The van der Waals surface area contributed by atoms with Crippen molar-refractivity contribution in [2.24, 2.45) is 5.73 Å². The highest BCUT2D eigenvalue weighted by atomic mass is 35.5. The summed E-state index contributed by atoms with van der Waals surface area (Å²) < 4.78 is 5.24. The lowest BCUT2D eigenvalue weighted by Gasteiger charge is -2.08. The predicted octanol–water partition coefficient (Wildman–Crippen LogP) is 0.0595. The Kier molecular flexibility index (Phi) is 4.20. The fourth-order valence-electron chi connectivity index (χ4n) is 2.58. The topological polar surface area (TPSA) is 107 Å². The number of halogens is 1. The van der Waals surface area contributed by atoms with E-state index in [1.54, 1.807) is 25.3 Å². The normalized spacial score (nSPS) is 13.7. The smallest absolute Gasteiger partial charge is 0.325 e. The van der Waals surface area contributed by atoms with Crippen LogP contribution in [-0.4, -0.2) is 23.0 Å². The minimum absolute atomic E-state index is 0.122. The summed E-state index contributed by atoms with van der Waals surface area (Å²) in [4.78, 5) is 21.9. The molecular formula is C15H17ClN5O2+. The van der Waals surface area contributed by atoms with E-state index >= 15 is 0 Å². The molecule has 7 nitrogen and oxygen atoms in total. The largest absolute Gasteiger partial charge is 0.494 e. The lowest BCUT2D eigenvalue weighted by atomic mass is 10.3. The first-order chi connectivity index (χ1) is 11.1. The summed E-state index contributed by atoms with van der Waals surface area (Å²) in [6.07, 6.45) is 2.53. The fraction of sp³-hybridized carbons (Fsp3) is 0.267. The van der Waals surface area contributed by atoms with Crippen LogP contribution < -0.4 is 26.3 Å². The molecule has 1 aliphatic carbocycles. The molecule has 1 heterocycles. The molecule has 0 saturated heterocycles. The van der Waals surface area contributed by atoms with Crippen molar-refractivity contribution in [2.45, 2.75) is 19.3 Å². The Morgan fingerprint density at radius 2 is 2.30 bits per heavy atom. The maximum Gasteiger partial charge on any atom is 0.325 e. The monoisotopic (exact) mass is 334 g/mol. The van der Waals surface area contributed by atoms with Crippen molar-refractivity contribution in [3.63, 3.8) is 0 Å². The Morgan fingerprint density at radius 3 is 3.09 bits per heavy atom. The van der Waals surface area contributed by atoms with Gasteiger partial charge in [0.05, 0.1) is 18.4 Å². The van der Waals surface area contributed by atoms with Crippen molar-refractivity contribution in [3.8, 4) is 5.75 Å². The number of aromatic amines is 1. The van der Waals surface area contributed by atoms with Crippen molar-refractivity contribution >= 4 is 29.2 Å². The highest BCUT2D eigenvalue weighted by Crippen LogP contribution is 2.27. The molecule has 0 bridgehead atoms. The number of anilines is 1. The molecule has 5 N–H and O–H groups in total. The van der Waals surface area contributed by atoms with Crippen molar-refractivity contribution in [2.75, 3.05) is 12.4 Å². The number of aryl methyl sites for hydroxylation is 1. The van der Waals surface area contributed by atoms with Crippen LogP contribution in [0.25, 0.3) is 0 Å². The van der Waals surface area contributed by atoms with Crippen LogP contribution >= 0.6 is 11.6 Å². The van der Waals surface area contributed by atoms with Gasteiger partial charge in [-0.05, 0) is 31.0 Å². The van der Waals surface area contributed by atoms with Gasteiger partial charge in [0.2, 0.25) is 0 Å². The Hall–Kier alpha value is -2.54. The fourth-order valence-corrected chi connectivity index (χ4v) is 2.75. The summed E-state index contributed by atoms with van der Waals surface area (Å²) in [5.74, 6) is 1.10. The first kappa shape index (κ1) is 15.4. The lowest BCUT2D eigenvalue weighted by molar-refractivity contribution is -0.365. The molecule has 3 rings (SSSR count). The molecule has 0 saturated carbocycles. The lowest BCUT2D eigenvalue weighted by Crippen LogP contribution is -2.73. The molecule has 1 aliphatic rings. The maximum absolute atomic E-state index is 12.0. The average Bonchev–Trinajstić information content (AvgIpc) is 2.96.